The molecule has 2 aliphatic rings. The first-order valence-corrected chi connectivity index (χ1v) is 8.26. The molecule has 0 unspecified atom stereocenters. The van der Waals surface area contributed by atoms with Crippen molar-refractivity contribution >= 4 is 17.5 Å². The molecule has 0 heterocycles. The van der Waals surface area contributed by atoms with Crippen molar-refractivity contribution in [3.8, 4) is 5.75 Å². The predicted octanol–water partition coefficient (Wildman–Crippen LogP) is 3.80. The number of hydrogen-bond acceptors (Lipinski definition) is 2. The first-order chi connectivity index (χ1) is 10.2. The van der Waals surface area contributed by atoms with Gasteiger partial charge in [0.25, 0.3) is 5.91 Å². The highest BCUT2D eigenvalue weighted by atomic mass is 35.5. The summed E-state index contributed by atoms with van der Waals surface area (Å²) in [5.41, 5.74) is 0. The van der Waals surface area contributed by atoms with E-state index in [1.807, 2.05) is 19.1 Å². The van der Waals surface area contributed by atoms with E-state index < -0.39 is 6.10 Å². The predicted molar refractivity (Wildman–Crippen MR) is 83.5 cm³/mol. The second-order valence-electron chi connectivity index (χ2n) is 6.26. The van der Waals surface area contributed by atoms with E-state index in [0.29, 0.717) is 29.2 Å². The van der Waals surface area contributed by atoms with Gasteiger partial charge in [-0.3, -0.25) is 4.79 Å². The zero-order chi connectivity index (χ0) is 14.8. The van der Waals surface area contributed by atoms with Crippen molar-refractivity contribution in [2.24, 2.45) is 11.8 Å². The van der Waals surface area contributed by atoms with Crippen molar-refractivity contribution in [2.45, 2.75) is 51.2 Å². The number of nitrogens with one attached hydrogen (secondary N) is 1. The number of fused-ring (bicyclic) bond motifs is 2. The summed E-state index contributed by atoms with van der Waals surface area (Å²) in [5, 5.41) is 3.82. The van der Waals surface area contributed by atoms with Crippen LogP contribution in [0.15, 0.2) is 24.3 Å². The van der Waals surface area contributed by atoms with Crippen LogP contribution in [0.2, 0.25) is 5.02 Å². The number of rotatable bonds is 5. The Kier molecular flexibility index (Phi) is 4.39. The molecule has 114 valence electrons. The molecule has 1 aromatic carbocycles. The Bertz CT molecular complexity index is 519. The molecule has 0 aliphatic heterocycles. The molecule has 0 aromatic heterocycles. The zero-order valence-corrected chi connectivity index (χ0v) is 13.1. The van der Waals surface area contributed by atoms with Gasteiger partial charge in [-0.1, -0.05) is 31.0 Å². The van der Waals surface area contributed by atoms with E-state index in [1.54, 1.807) is 12.1 Å². The van der Waals surface area contributed by atoms with Crippen LogP contribution in [0.25, 0.3) is 0 Å². The molecule has 21 heavy (non-hydrogen) atoms. The fraction of sp³-hybridized carbons (Fsp3) is 0.588. The maximum Gasteiger partial charge on any atom is 0.261 e. The van der Waals surface area contributed by atoms with Gasteiger partial charge in [-0.05, 0) is 55.7 Å². The third-order valence-electron chi connectivity index (χ3n) is 4.80. The molecule has 2 bridgehead atoms. The lowest BCUT2D eigenvalue weighted by molar-refractivity contribution is -0.129. The summed E-state index contributed by atoms with van der Waals surface area (Å²) in [6, 6.07) is 7.56. The third-order valence-corrected chi connectivity index (χ3v) is 5.04. The van der Waals surface area contributed by atoms with Gasteiger partial charge in [0.2, 0.25) is 0 Å². The Morgan fingerprint density at radius 2 is 2.29 bits per heavy atom. The molecular weight excluding hydrogens is 286 g/mol. The van der Waals surface area contributed by atoms with Crippen LogP contribution in [-0.4, -0.2) is 18.1 Å². The largest absolute Gasteiger partial charge is 0.481 e. The van der Waals surface area contributed by atoms with Gasteiger partial charge in [0.1, 0.15) is 5.75 Å². The van der Waals surface area contributed by atoms with E-state index >= 15 is 0 Å². The molecule has 0 radical (unpaired) electrons. The van der Waals surface area contributed by atoms with Crippen LogP contribution >= 0.6 is 11.6 Å². The smallest absolute Gasteiger partial charge is 0.261 e. The van der Waals surface area contributed by atoms with Crippen LogP contribution in [0.5, 0.6) is 5.75 Å². The van der Waals surface area contributed by atoms with Crippen LogP contribution < -0.4 is 10.1 Å². The molecular formula is C17H22ClNO2. The summed E-state index contributed by atoms with van der Waals surface area (Å²) >= 11 is 5.95. The molecule has 3 rings (SSSR count). The highest BCUT2D eigenvalue weighted by Crippen LogP contribution is 2.44. The quantitative estimate of drug-likeness (QED) is 0.898. The van der Waals surface area contributed by atoms with Crippen molar-refractivity contribution in [3.63, 3.8) is 0 Å². The number of benzene rings is 1. The first kappa shape index (κ1) is 14.7. The SMILES string of the molecule is CC[C@@H](Oc1cccc(Cl)c1)C(=O)N[C@@H]1C[C@H]2CC[C@H]1C2. The minimum atomic E-state index is -0.442. The molecule has 1 aromatic rings. The Labute approximate surface area is 131 Å². The molecule has 0 saturated heterocycles. The van der Waals surface area contributed by atoms with E-state index in [1.165, 1.54) is 19.3 Å². The number of hydrogen-bond donors (Lipinski definition) is 1. The highest BCUT2D eigenvalue weighted by molar-refractivity contribution is 6.30. The van der Waals surface area contributed by atoms with E-state index in [0.717, 1.165) is 12.3 Å². The number of ether oxygens (including phenoxy) is 1. The maximum atomic E-state index is 12.4. The second-order valence-corrected chi connectivity index (χ2v) is 6.70. The van der Waals surface area contributed by atoms with E-state index in [-0.39, 0.29) is 5.91 Å². The minimum absolute atomic E-state index is 0.00928. The molecule has 1 amide bonds. The van der Waals surface area contributed by atoms with Crippen molar-refractivity contribution in [3.05, 3.63) is 29.3 Å². The van der Waals surface area contributed by atoms with Crippen LogP contribution in [0.1, 0.15) is 39.0 Å². The summed E-state index contributed by atoms with van der Waals surface area (Å²) in [7, 11) is 0. The van der Waals surface area contributed by atoms with E-state index in [2.05, 4.69) is 5.32 Å². The summed E-state index contributed by atoms with van der Waals surface area (Å²) < 4.78 is 5.80. The average Bonchev–Trinajstić information content (AvgIpc) is 3.07. The molecule has 2 aliphatic carbocycles. The molecule has 2 fully saturated rings. The highest BCUT2D eigenvalue weighted by Gasteiger charge is 2.40. The van der Waals surface area contributed by atoms with Gasteiger partial charge < -0.3 is 10.1 Å². The lowest BCUT2D eigenvalue weighted by atomic mass is 9.95. The Morgan fingerprint density at radius 3 is 2.90 bits per heavy atom. The normalized spacial score (nSPS) is 28.4. The zero-order valence-electron chi connectivity index (χ0n) is 12.3. The Balaban J connectivity index is 1.59. The fourth-order valence-corrected chi connectivity index (χ4v) is 3.90. The van der Waals surface area contributed by atoms with Gasteiger partial charge in [-0.15, -0.1) is 0 Å². The van der Waals surface area contributed by atoms with Crippen LogP contribution in [0, 0.1) is 11.8 Å². The summed E-state index contributed by atoms with van der Waals surface area (Å²) in [4.78, 5) is 12.4. The van der Waals surface area contributed by atoms with Crippen LogP contribution in [0.4, 0.5) is 0 Å². The monoisotopic (exact) mass is 307 g/mol. The van der Waals surface area contributed by atoms with Gasteiger partial charge in [0.15, 0.2) is 6.10 Å². The van der Waals surface area contributed by atoms with Gasteiger partial charge in [-0.25, -0.2) is 0 Å². The number of carbonyl (C=O) groups excluding carboxylic acids is 1. The molecule has 4 atom stereocenters. The number of halogens is 1. The van der Waals surface area contributed by atoms with Crippen molar-refractivity contribution < 1.29 is 9.53 Å². The topological polar surface area (TPSA) is 38.3 Å². The Hall–Kier alpha value is -1.22. The molecule has 3 nitrogen and oxygen atoms in total. The minimum Gasteiger partial charge on any atom is -0.481 e. The summed E-state index contributed by atoms with van der Waals surface area (Å²) in [6.07, 6.45) is 5.25. The maximum absolute atomic E-state index is 12.4. The average molecular weight is 308 g/mol. The molecule has 2 saturated carbocycles. The van der Waals surface area contributed by atoms with Crippen molar-refractivity contribution in [2.75, 3.05) is 0 Å². The van der Waals surface area contributed by atoms with Crippen molar-refractivity contribution in [1.29, 1.82) is 0 Å². The lowest BCUT2D eigenvalue weighted by Gasteiger charge is -2.25. The van der Waals surface area contributed by atoms with Crippen LogP contribution in [0.3, 0.4) is 0 Å². The van der Waals surface area contributed by atoms with Crippen LogP contribution in [-0.2, 0) is 4.79 Å². The van der Waals surface area contributed by atoms with Gasteiger partial charge in [-0.2, -0.15) is 0 Å². The van der Waals surface area contributed by atoms with Gasteiger partial charge in [0, 0.05) is 11.1 Å². The van der Waals surface area contributed by atoms with E-state index in [4.69, 9.17) is 16.3 Å². The second kappa shape index (κ2) is 6.27. The van der Waals surface area contributed by atoms with Gasteiger partial charge >= 0.3 is 0 Å². The summed E-state index contributed by atoms with van der Waals surface area (Å²) in [6.45, 7) is 1.97. The molecule has 0 spiro atoms. The van der Waals surface area contributed by atoms with E-state index in [9.17, 15) is 4.79 Å². The third kappa shape index (κ3) is 3.34. The Morgan fingerprint density at radius 1 is 1.43 bits per heavy atom. The fourth-order valence-electron chi connectivity index (χ4n) is 3.72. The lowest BCUT2D eigenvalue weighted by Crippen LogP contribution is -2.45. The van der Waals surface area contributed by atoms with Crippen molar-refractivity contribution in [1.82, 2.24) is 5.32 Å². The number of carbonyl (C=O) groups is 1. The molecule has 1 N–H and O–H groups in total. The first-order valence-electron chi connectivity index (χ1n) is 7.88. The molecule has 4 heteroatoms. The standard InChI is InChI=1S/C17H22ClNO2/c1-2-16(21-14-5-3-4-13(18)10-14)17(20)19-15-9-11-6-7-12(15)8-11/h3-5,10-12,15-16H,2,6-9H2,1H3,(H,19,20)/t11-,12-,15+,16+/m0/s1. The number of amides is 1. The van der Waals surface area contributed by atoms with Gasteiger partial charge in [0.05, 0.1) is 0 Å². The summed E-state index contributed by atoms with van der Waals surface area (Å²) in [5.74, 6) is 2.17.